The van der Waals surface area contributed by atoms with Gasteiger partial charge in [-0.25, -0.2) is 0 Å². The Hall–Kier alpha value is -0.980. The van der Waals surface area contributed by atoms with Crippen LogP contribution < -0.4 is 5.32 Å². The van der Waals surface area contributed by atoms with Crippen LogP contribution in [0.4, 0.5) is 5.69 Å². The lowest BCUT2D eigenvalue weighted by molar-refractivity contribution is 0.566. The van der Waals surface area contributed by atoms with Crippen molar-refractivity contribution >= 4 is 5.69 Å². The highest BCUT2D eigenvalue weighted by Gasteiger charge is 2.41. The fourth-order valence-electron chi connectivity index (χ4n) is 3.26. The molecule has 2 aliphatic rings. The molecule has 1 aromatic rings. The zero-order valence-corrected chi connectivity index (χ0v) is 13.4. The molecule has 0 aliphatic heterocycles. The smallest absolute Gasteiger partial charge is 0.0377 e. The lowest BCUT2D eigenvalue weighted by atomic mass is 9.93. The number of hydrogen-bond donors (Lipinski definition) is 1. The average Bonchev–Trinajstić information content (AvgIpc) is 3.28. The third-order valence-corrected chi connectivity index (χ3v) is 4.95. The molecule has 0 spiro atoms. The molecule has 110 valence electrons. The summed E-state index contributed by atoms with van der Waals surface area (Å²) in [5.41, 5.74) is 4.37. The summed E-state index contributed by atoms with van der Waals surface area (Å²) < 4.78 is 0. The van der Waals surface area contributed by atoms with Gasteiger partial charge in [-0.2, -0.15) is 0 Å². The largest absolute Gasteiger partial charge is 0.382 e. The van der Waals surface area contributed by atoms with E-state index in [-0.39, 0.29) is 0 Å². The molecule has 2 fully saturated rings. The van der Waals surface area contributed by atoms with E-state index in [9.17, 15) is 0 Å². The maximum Gasteiger partial charge on any atom is 0.0377 e. The van der Waals surface area contributed by atoms with E-state index >= 15 is 0 Å². The van der Waals surface area contributed by atoms with E-state index in [2.05, 4.69) is 51.2 Å². The van der Waals surface area contributed by atoms with Crippen LogP contribution >= 0.6 is 0 Å². The van der Waals surface area contributed by atoms with Gasteiger partial charge in [-0.3, -0.25) is 0 Å². The van der Waals surface area contributed by atoms with Crippen molar-refractivity contribution in [2.75, 3.05) is 5.32 Å². The normalized spacial score (nSPS) is 19.1. The Morgan fingerprint density at radius 2 is 1.50 bits per heavy atom. The van der Waals surface area contributed by atoms with Crippen LogP contribution in [0.25, 0.3) is 0 Å². The van der Waals surface area contributed by atoms with Crippen molar-refractivity contribution in [2.24, 2.45) is 11.8 Å². The molecule has 1 aromatic carbocycles. The van der Waals surface area contributed by atoms with E-state index in [1.807, 2.05) is 0 Å². The predicted octanol–water partition coefficient (Wildman–Crippen LogP) is 5.53. The van der Waals surface area contributed by atoms with Crippen LogP contribution in [0, 0.1) is 11.8 Å². The van der Waals surface area contributed by atoms with Crippen molar-refractivity contribution in [3.8, 4) is 0 Å². The molecule has 3 rings (SSSR count). The summed E-state index contributed by atoms with van der Waals surface area (Å²) in [7, 11) is 0. The summed E-state index contributed by atoms with van der Waals surface area (Å²) in [6, 6.07) is 7.82. The minimum Gasteiger partial charge on any atom is -0.382 e. The van der Waals surface area contributed by atoms with E-state index in [1.165, 1.54) is 42.5 Å². The summed E-state index contributed by atoms with van der Waals surface area (Å²) in [6.07, 6.45) is 5.76. The standard InChI is InChI=1S/C19H29N/c1-12(2)16-9-10-18(17(11-16)13(3)4)20-19(14-5-6-14)15-7-8-15/h9-15,19-20H,5-8H2,1-4H3. The molecule has 0 saturated heterocycles. The number of benzene rings is 1. The summed E-state index contributed by atoms with van der Waals surface area (Å²) in [6.45, 7) is 9.19. The van der Waals surface area contributed by atoms with Crippen LogP contribution in [0.15, 0.2) is 18.2 Å². The van der Waals surface area contributed by atoms with Crippen LogP contribution in [-0.2, 0) is 0 Å². The van der Waals surface area contributed by atoms with Crippen molar-refractivity contribution in [2.45, 2.75) is 71.3 Å². The number of anilines is 1. The van der Waals surface area contributed by atoms with Crippen molar-refractivity contribution in [1.82, 2.24) is 0 Å². The van der Waals surface area contributed by atoms with Crippen molar-refractivity contribution in [3.05, 3.63) is 29.3 Å². The highest BCUT2D eigenvalue weighted by molar-refractivity contribution is 5.55. The Balaban J connectivity index is 1.83. The van der Waals surface area contributed by atoms with Gasteiger partial charge in [-0.1, -0.05) is 39.8 Å². The Bertz CT molecular complexity index is 455. The number of hydrogen-bond acceptors (Lipinski definition) is 1. The lowest BCUT2D eigenvalue weighted by Crippen LogP contribution is -2.25. The Morgan fingerprint density at radius 1 is 0.900 bits per heavy atom. The van der Waals surface area contributed by atoms with Gasteiger partial charge >= 0.3 is 0 Å². The van der Waals surface area contributed by atoms with Gasteiger partial charge in [-0.15, -0.1) is 0 Å². The molecule has 1 heteroatoms. The molecule has 0 heterocycles. The Labute approximate surface area is 124 Å². The van der Waals surface area contributed by atoms with Gasteiger partial charge in [0.2, 0.25) is 0 Å². The highest BCUT2D eigenvalue weighted by atomic mass is 15.0. The van der Waals surface area contributed by atoms with E-state index in [0.717, 1.165) is 17.9 Å². The van der Waals surface area contributed by atoms with Gasteiger partial charge in [0.05, 0.1) is 0 Å². The summed E-state index contributed by atoms with van der Waals surface area (Å²) in [5, 5.41) is 3.92. The second-order valence-corrected chi connectivity index (χ2v) is 7.50. The molecule has 0 bridgehead atoms. The maximum absolute atomic E-state index is 3.92. The first-order chi connectivity index (χ1) is 9.56. The molecule has 0 atom stereocenters. The number of nitrogens with one attached hydrogen (secondary N) is 1. The van der Waals surface area contributed by atoms with Crippen molar-refractivity contribution < 1.29 is 0 Å². The minimum atomic E-state index is 0.593. The topological polar surface area (TPSA) is 12.0 Å². The Kier molecular flexibility index (Phi) is 3.79. The van der Waals surface area contributed by atoms with Crippen LogP contribution in [0.5, 0.6) is 0 Å². The maximum atomic E-state index is 3.92. The molecule has 1 nitrogen and oxygen atoms in total. The van der Waals surface area contributed by atoms with Gasteiger partial charge in [0.1, 0.15) is 0 Å². The summed E-state index contributed by atoms with van der Waals surface area (Å²) in [4.78, 5) is 0. The number of rotatable bonds is 6. The van der Waals surface area contributed by atoms with E-state index in [4.69, 9.17) is 0 Å². The third-order valence-electron chi connectivity index (χ3n) is 4.95. The van der Waals surface area contributed by atoms with Crippen LogP contribution in [0.3, 0.4) is 0 Å². The zero-order valence-electron chi connectivity index (χ0n) is 13.4. The second kappa shape index (κ2) is 5.42. The first-order valence-corrected chi connectivity index (χ1v) is 8.46. The molecular weight excluding hydrogens is 242 g/mol. The average molecular weight is 271 g/mol. The van der Waals surface area contributed by atoms with Crippen LogP contribution in [-0.4, -0.2) is 6.04 Å². The van der Waals surface area contributed by atoms with Gasteiger partial charge < -0.3 is 5.32 Å². The molecular formula is C19H29N. The minimum absolute atomic E-state index is 0.593. The van der Waals surface area contributed by atoms with Gasteiger partial charge in [0, 0.05) is 11.7 Å². The molecule has 0 unspecified atom stereocenters. The zero-order chi connectivity index (χ0) is 14.3. The highest BCUT2D eigenvalue weighted by Crippen LogP contribution is 2.46. The van der Waals surface area contributed by atoms with E-state index in [0.29, 0.717) is 11.8 Å². The quantitative estimate of drug-likeness (QED) is 0.717. The molecule has 0 radical (unpaired) electrons. The molecule has 1 N–H and O–H groups in total. The van der Waals surface area contributed by atoms with Gasteiger partial charge in [0.25, 0.3) is 0 Å². The van der Waals surface area contributed by atoms with Gasteiger partial charge in [0.15, 0.2) is 0 Å². The van der Waals surface area contributed by atoms with E-state index < -0.39 is 0 Å². The molecule has 0 aromatic heterocycles. The van der Waals surface area contributed by atoms with Crippen LogP contribution in [0.2, 0.25) is 0 Å². The van der Waals surface area contributed by atoms with E-state index in [1.54, 1.807) is 0 Å². The monoisotopic (exact) mass is 271 g/mol. The first-order valence-electron chi connectivity index (χ1n) is 8.46. The summed E-state index contributed by atoms with van der Waals surface area (Å²) >= 11 is 0. The molecule has 2 aliphatic carbocycles. The van der Waals surface area contributed by atoms with Crippen molar-refractivity contribution in [1.29, 1.82) is 0 Å². The van der Waals surface area contributed by atoms with Crippen molar-refractivity contribution in [3.63, 3.8) is 0 Å². The molecule has 20 heavy (non-hydrogen) atoms. The fraction of sp³-hybridized carbons (Fsp3) is 0.684. The first kappa shape index (κ1) is 14.0. The van der Waals surface area contributed by atoms with Gasteiger partial charge in [-0.05, 0) is 66.5 Å². The summed E-state index contributed by atoms with van der Waals surface area (Å²) in [5.74, 6) is 3.11. The Morgan fingerprint density at radius 3 is 1.95 bits per heavy atom. The fourth-order valence-corrected chi connectivity index (χ4v) is 3.26. The third kappa shape index (κ3) is 3.02. The van der Waals surface area contributed by atoms with Crippen LogP contribution in [0.1, 0.15) is 76.3 Å². The second-order valence-electron chi connectivity index (χ2n) is 7.50. The SMILES string of the molecule is CC(C)c1ccc(NC(C2CC2)C2CC2)c(C(C)C)c1. The predicted molar refractivity (Wildman–Crippen MR) is 87.5 cm³/mol. The molecule has 2 saturated carbocycles. The molecule has 0 amide bonds. The lowest BCUT2D eigenvalue weighted by Gasteiger charge is -2.24.